The van der Waals surface area contributed by atoms with Crippen molar-refractivity contribution < 1.29 is 4.79 Å². The molecule has 0 saturated carbocycles. The molecular weight excluding hydrogens is 244 g/mol. The van der Waals surface area contributed by atoms with Gasteiger partial charge in [-0.25, -0.2) is 0 Å². The first-order valence-corrected chi connectivity index (χ1v) is 7.49. The predicted molar refractivity (Wildman–Crippen MR) is 75.6 cm³/mol. The molecule has 1 fully saturated rings. The van der Waals surface area contributed by atoms with E-state index >= 15 is 0 Å². The summed E-state index contributed by atoms with van der Waals surface area (Å²) in [5.41, 5.74) is -0.231. The van der Waals surface area contributed by atoms with Gasteiger partial charge < -0.3 is 10.6 Å². The van der Waals surface area contributed by atoms with Crippen molar-refractivity contribution in [2.45, 2.75) is 33.2 Å². The Balaban J connectivity index is 2.06. The average Bonchev–Trinajstić information content (AvgIpc) is 3.01. The van der Waals surface area contributed by atoms with Crippen molar-refractivity contribution in [1.82, 2.24) is 10.6 Å². The fraction of sp³-hybridized carbons (Fsp3) is 0.643. The minimum Gasteiger partial charge on any atom is -0.348 e. The van der Waals surface area contributed by atoms with Gasteiger partial charge in [-0.15, -0.1) is 11.3 Å². The van der Waals surface area contributed by atoms with Crippen molar-refractivity contribution in [2.24, 2.45) is 11.3 Å². The largest absolute Gasteiger partial charge is 0.348 e. The first-order valence-electron chi connectivity index (χ1n) is 6.61. The third-order valence-electron chi connectivity index (χ3n) is 4.06. The molecule has 0 spiro atoms. The standard InChI is InChI=1S/C14H22N2OS/c1-10(2)14(6-7-15-9-14)13(17)16-11(3)12-5-4-8-18-12/h4-5,8,10-11,15H,6-7,9H2,1-3H3,(H,16,17)/t11-,14?/m1/s1. The molecule has 18 heavy (non-hydrogen) atoms. The van der Waals surface area contributed by atoms with Crippen molar-refractivity contribution in [3.05, 3.63) is 22.4 Å². The number of thiophene rings is 1. The highest BCUT2D eigenvalue weighted by Crippen LogP contribution is 2.35. The molecule has 1 aromatic rings. The van der Waals surface area contributed by atoms with E-state index < -0.39 is 0 Å². The summed E-state index contributed by atoms with van der Waals surface area (Å²) in [6, 6.07) is 4.21. The molecule has 1 unspecified atom stereocenters. The molecule has 0 bridgehead atoms. The van der Waals surface area contributed by atoms with Crippen molar-refractivity contribution in [3.63, 3.8) is 0 Å². The van der Waals surface area contributed by atoms with Gasteiger partial charge in [0.1, 0.15) is 0 Å². The van der Waals surface area contributed by atoms with E-state index in [0.29, 0.717) is 5.92 Å². The maximum atomic E-state index is 12.6. The monoisotopic (exact) mass is 266 g/mol. The molecule has 2 rings (SSSR count). The molecular formula is C14H22N2OS. The van der Waals surface area contributed by atoms with E-state index in [1.165, 1.54) is 4.88 Å². The second kappa shape index (κ2) is 5.41. The normalized spacial score (nSPS) is 25.3. The van der Waals surface area contributed by atoms with Gasteiger partial charge in [-0.1, -0.05) is 19.9 Å². The van der Waals surface area contributed by atoms with E-state index in [1.54, 1.807) is 11.3 Å². The molecule has 0 aliphatic carbocycles. The Morgan fingerprint density at radius 1 is 1.50 bits per heavy atom. The number of hydrogen-bond acceptors (Lipinski definition) is 3. The van der Waals surface area contributed by atoms with Crippen LogP contribution in [0.25, 0.3) is 0 Å². The molecule has 1 aliphatic rings. The highest BCUT2D eigenvalue weighted by atomic mass is 32.1. The topological polar surface area (TPSA) is 41.1 Å². The van der Waals surface area contributed by atoms with Gasteiger partial charge in [0.05, 0.1) is 11.5 Å². The number of hydrogen-bond donors (Lipinski definition) is 2. The van der Waals surface area contributed by atoms with E-state index in [4.69, 9.17) is 0 Å². The van der Waals surface area contributed by atoms with Gasteiger partial charge in [0.25, 0.3) is 0 Å². The lowest BCUT2D eigenvalue weighted by Gasteiger charge is -2.32. The zero-order chi connectivity index (χ0) is 13.2. The van der Waals surface area contributed by atoms with Gasteiger partial charge in [0.2, 0.25) is 5.91 Å². The van der Waals surface area contributed by atoms with Gasteiger partial charge in [0.15, 0.2) is 0 Å². The maximum Gasteiger partial charge on any atom is 0.228 e. The third kappa shape index (κ3) is 2.45. The molecule has 4 heteroatoms. The second-order valence-electron chi connectivity index (χ2n) is 5.45. The molecule has 2 N–H and O–H groups in total. The van der Waals surface area contributed by atoms with E-state index in [2.05, 4.69) is 37.5 Å². The summed E-state index contributed by atoms with van der Waals surface area (Å²) in [4.78, 5) is 13.8. The number of carbonyl (C=O) groups is 1. The molecule has 3 nitrogen and oxygen atoms in total. The summed E-state index contributed by atoms with van der Waals surface area (Å²) in [5.74, 6) is 0.562. The van der Waals surface area contributed by atoms with Crippen molar-refractivity contribution in [1.29, 1.82) is 0 Å². The van der Waals surface area contributed by atoms with E-state index in [0.717, 1.165) is 19.5 Å². The first-order chi connectivity index (χ1) is 8.56. The molecule has 1 aliphatic heterocycles. The van der Waals surface area contributed by atoms with Crippen LogP contribution in [-0.4, -0.2) is 19.0 Å². The van der Waals surface area contributed by atoms with Crippen molar-refractivity contribution in [2.75, 3.05) is 13.1 Å². The second-order valence-corrected chi connectivity index (χ2v) is 6.43. The van der Waals surface area contributed by atoms with Gasteiger partial charge in [-0.2, -0.15) is 0 Å². The van der Waals surface area contributed by atoms with Crippen LogP contribution >= 0.6 is 11.3 Å². The SMILES string of the molecule is CC(C)C1(C(=O)N[C@H](C)c2cccs2)CCNC1. The van der Waals surface area contributed by atoms with Crippen LogP contribution in [0.4, 0.5) is 0 Å². The van der Waals surface area contributed by atoms with Crippen LogP contribution in [-0.2, 0) is 4.79 Å². The number of carbonyl (C=O) groups excluding carboxylic acids is 1. The summed E-state index contributed by atoms with van der Waals surface area (Å²) in [5, 5.41) is 8.55. The van der Waals surface area contributed by atoms with Crippen LogP contribution in [0.2, 0.25) is 0 Å². The Kier molecular flexibility index (Phi) is 4.07. The Bertz CT molecular complexity index is 394. The van der Waals surface area contributed by atoms with Gasteiger partial charge in [-0.05, 0) is 37.3 Å². The van der Waals surface area contributed by atoms with Gasteiger partial charge >= 0.3 is 0 Å². The molecule has 100 valence electrons. The molecule has 1 amide bonds. The first kappa shape index (κ1) is 13.6. The Hall–Kier alpha value is -0.870. The summed E-state index contributed by atoms with van der Waals surface area (Å²) in [6.45, 7) is 8.08. The van der Waals surface area contributed by atoms with E-state index in [1.807, 2.05) is 11.4 Å². The predicted octanol–water partition coefficient (Wildman–Crippen LogP) is 2.56. The maximum absolute atomic E-state index is 12.6. The summed E-state index contributed by atoms with van der Waals surface area (Å²) >= 11 is 1.69. The lowest BCUT2D eigenvalue weighted by Crippen LogP contribution is -2.46. The minimum absolute atomic E-state index is 0.105. The lowest BCUT2D eigenvalue weighted by molar-refractivity contribution is -0.133. The van der Waals surface area contributed by atoms with E-state index in [-0.39, 0.29) is 17.4 Å². The highest BCUT2D eigenvalue weighted by molar-refractivity contribution is 7.10. The Morgan fingerprint density at radius 3 is 2.78 bits per heavy atom. The van der Waals surface area contributed by atoms with Crippen molar-refractivity contribution >= 4 is 17.2 Å². The third-order valence-corrected chi connectivity index (χ3v) is 5.12. The molecule has 1 saturated heterocycles. The van der Waals surface area contributed by atoms with Crippen LogP contribution in [0.3, 0.4) is 0 Å². The zero-order valence-corrected chi connectivity index (χ0v) is 12.1. The van der Waals surface area contributed by atoms with Crippen LogP contribution in [0, 0.1) is 11.3 Å². The quantitative estimate of drug-likeness (QED) is 0.879. The zero-order valence-electron chi connectivity index (χ0n) is 11.3. The van der Waals surface area contributed by atoms with Crippen LogP contribution in [0.1, 0.15) is 38.1 Å². The van der Waals surface area contributed by atoms with E-state index in [9.17, 15) is 4.79 Å². The van der Waals surface area contributed by atoms with Gasteiger partial charge in [0, 0.05) is 11.4 Å². The average molecular weight is 266 g/mol. The fourth-order valence-corrected chi connectivity index (χ4v) is 3.34. The summed E-state index contributed by atoms with van der Waals surface area (Å²) in [7, 11) is 0. The van der Waals surface area contributed by atoms with Gasteiger partial charge in [-0.3, -0.25) is 4.79 Å². The fourth-order valence-electron chi connectivity index (χ4n) is 2.61. The summed E-state index contributed by atoms with van der Waals surface area (Å²) < 4.78 is 0. The number of rotatable bonds is 4. The van der Waals surface area contributed by atoms with Crippen LogP contribution in [0.5, 0.6) is 0 Å². The van der Waals surface area contributed by atoms with Crippen LogP contribution in [0.15, 0.2) is 17.5 Å². The van der Waals surface area contributed by atoms with Crippen molar-refractivity contribution in [3.8, 4) is 0 Å². The molecule has 0 radical (unpaired) electrons. The minimum atomic E-state index is -0.231. The highest BCUT2D eigenvalue weighted by Gasteiger charge is 2.44. The lowest BCUT2D eigenvalue weighted by atomic mass is 9.75. The molecule has 2 atom stereocenters. The molecule has 1 aromatic heterocycles. The smallest absolute Gasteiger partial charge is 0.228 e. The Morgan fingerprint density at radius 2 is 2.28 bits per heavy atom. The molecule has 2 heterocycles. The molecule has 0 aromatic carbocycles. The number of nitrogens with one attached hydrogen (secondary N) is 2. The van der Waals surface area contributed by atoms with Crippen LogP contribution < -0.4 is 10.6 Å². The Labute approximate surface area is 113 Å². The summed E-state index contributed by atoms with van der Waals surface area (Å²) in [6.07, 6.45) is 0.938. The number of amides is 1.